The Morgan fingerprint density at radius 2 is 1.55 bits per heavy atom. The number of ether oxygens (including phenoxy) is 2. The number of thiophene rings is 1. The molecule has 0 saturated carbocycles. The van der Waals surface area contributed by atoms with E-state index >= 15 is 0 Å². The largest absolute Gasteiger partial charge is 0.494 e. The number of amides is 2. The predicted octanol–water partition coefficient (Wildman–Crippen LogP) is 5.70. The van der Waals surface area contributed by atoms with E-state index in [9.17, 15) is 9.59 Å². The van der Waals surface area contributed by atoms with Crippen molar-refractivity contribution in [2.45, 2.75) is 6.92 Å². The van der Waals surface area contributed by atoms with Crippen molar-refractivity contribution in [3.8, 4) is 22.1 Å². The third-order valence-corrected chi connectivity index (χ3v) is 6.71. The lowest BCUT2D eigenvalue weighted by Crippen LogP contribution is -2.15. The van der Waals surface area contributed by atoms with Crippen LogP contribution in [0.2, 0.25) is 0 Å². The van der Waals surface area contributed by atoms with Gasteiger partial charge < -0.3 is 20.1 Å². The van der Waals surface area contributed by atoms with Crippen LogP contribution in [0.15, 0.2) is 59.3 Å². The van der Waals surface area contributed by atoms with Gasteiger partial charge in [0, 0.05) is 28.6 Å². The predicted molar refractivity (Wildman–Crippen MR) is 132 cm³/mol. The van der Waals surface area contributed by atoms with Gasteiger partial charge in [-0.15, -0.1) is 11.3 Å². The van der Waals surface area contributed by atoms with Crippen molar-refractivity contribution in [1.82, 2.24) is 4.98 Å². The van der Waals surface area contributed by atoms with Crippen LogP contribution in [0.25, 0.3) is 10.6 Å². The molecule has 7 nitrogen and oxygen atoms in total. The highest BCUT2D eigenvalue weighted by Crippen LogP contribution is 2.37. The molecule has 33 heavy (non-hydrogen) atoms. The van der Waals surface area contributed by atoms with E-state index in [-0.39, 0.29) is 11.8 Å². The maximum absolute atomic E-state index is 13.0. The van der Waals surface area contributed by atoms with Gasteiger partial charge in [0.25, 0.3) is 11.8 Å². The molecule has 2 N–H and O–H groups in total. The summed E-state index contributed by atoms with van der Waals surface area (Å²) in [6.07, 6.45) is 0. The summed E-state index contributed by atoms with van der Waals surface area (Å²) in [5.41, 5.74) is 3.00. The molecule has 0 atom stereocenters. The molecule has 4 aromatic rings. The first-order valence-electron chi connectivity index (χ1n) is 9.94. The van der Waals surface area contributed by atoms with Gasteiger partial charge in [0.2, 0.25) is 0 Å². The van der Waals surface area contributed by atoms with E-state index in [2.05, 4.69) is 15.6 Å². The zero-order valence-corrected chi connectivity index (χ0v) is 19.8. The smallest absolute Gasteiger partial charge is 0.267 e. The molecule has 0 saturated heterocycles. The number of carbonyl (C=O) groups is 2. The summed E-state index contributed by atoms with van der Waals surface area (Å²) in [5, 5.41) is 10.5. The molecule has 0 aliphatic rings. The topological polar surface area (TPSA) is 89.6 Å². The van der Waals surface area contributed by atoms with Crippen molar-refractivity contribution in [2.75, 3.05) is 24.9 Å². The van der Waals surface area contributed by atoms with Gasteiger partial charge in [0.15, 0.2) is 0 Å². The maximum atomic E-state index is 13.0. The molecule has 0 aliphatic heterocycles. The Hall–Kier alpha value is -3.69. The fourth-order valence-electron chi connectivity index (χ4n) is 3.17. The van der Waals surface area contributed by atoms with E-state index in [4.69, 9.17) is 9.47 Å². The average Bonchev–Trinajstić information content (AvgIpc) is 3.50. The normalized spacial score (nSPS) is 10.5. The summed E-state index contributed by atoms with van der Waals surface area (Å²) in [6.45, 7) is 1.81. The van der Waals surface area contributed by atoms with Crippen LogP contribution in [-0.4, -0.2) is 31.0 Å². The van der Waals surface area contributed by atoms with E-state index in [1.165, 1.54) is 25.6 Å². The average molecular weight is 480 g/mol. The van der Waals surface area contributed by atoms with Crippen molar-refractivity contribution in [1.29, 1.82) is 0 Å². The molecule has 0 spiro atoms. The second-order valence-electron chi connectivity index (χ2n) is 6.97. The molecule has 2 aromatic carbocycles. The van der Waals surface area contributed by atoms with Crippen LogP contribution in [-0.2, 0) is 0 Å². The molecule has 0 aliphatic carbocycles. The molecule has 2 heterocycles. The van der Waals surface area contributed by atoms with Gasteiger partial charge in [-0.05, 0) is 30.5 Å². The Balaban J connectivity index is 1.59. The zero-order valence-electron chi connectivity index (χ0n) is 18.2. The molecule has 0 unspecified atom stereocenters. The van der Waals surface area contributed by atoms with Crippen LogP contribution in [0, 0.1) is 6.92 Å². The van der Waals surface area contributed by atoms with Crippen LogP contribution in [0.5, 0.6) is 11.5 Å². The minimum atomic E-state index is -0.298. The highest BCUT2D eigenvalue weighted by Gasteiger charge is 2.20. The second-order valence-corrected chi connectivity index (χ2v) is 8.75. The Morgan fingerprint density at radius 3 is 2.12 bits per heavy atom. The lowest BCUT2D eigenvalue weighted by Gasteiger charge is -2.16. The number of hydrogen-bond donors (Lipinski definition) is 2. The van der Waals surface area contributed by atoms with Gasteiger partial charge in [0.1, 0.15) is 21.4 Å². The van der Waals surface area contributed by atoms with Gasteiger partial charge in [0.05, 0.1) is 31.3 Å². The second kappa shape index (κ2) is 9.85. The van der Waals surface area contributed by atoms with Gasteiger partial charge in [-0.2, -0.15) is 11.3 Å². The van der Waals surface area contributed by atoms with Crippen molar-refractivity contribution in [3.05, 3.63) is 75.4 Å². The summed E-state index contributed by atoms with van der Waals surface area (Å²) < 4.78 is 10.9. The summed E-state index contributed by atoms with van der Waals surface area (Å²) in [4.78, 5) is 30.7. The molecule has 0 bridgehead atoms. The number of methoxy groups -OCH3 is 2. The fraction of sp³-hybridized carbons (Fsp3) is 0.125. The number of benzene rings is 2. The Labute approximate surface area is 199 Å². The molecule has 0 radical (unpaired) electrons. The minimum absolute atomic E-state index is 0.283. The zero-order chi connectivity index (χ0) is 23.4. The molecular formula is C24H21N3O4S2. The molecular weight excluding hydrogens is 458 g/mol. The molecule has 0 fully saturated rings. The number of aromatic nitrogens is 1. The number of anilines is 2. The van der Waals surface area contributed by atoms with Crippen molar-refractivity contribution < 1.29 is 19.1 Å². The SMILES string of the molecule is COc1cc(NC(=O)c2sc(-c3ccsc3)nc2C)c(OC)cc1NC(=O)c1ccccc1. The number of thiazole rings is 1. The summed E-state index contributed by atoms with van der Waals surface area (Å²) in [5.74, 6) is 0.185. The first kappa shape index (κ1) is 22.5. The van der Waals surface area contributed by atoms with Crippen LogP contribution >= 0.6 is 22.7 Å². The van der Waals surface area contributed by atoms with Crippen molar-refractivity contribution in [2.24, 2.45) is 0 Å². The Bertz CT molecular complexity index is 1280. The summed E-state index contributed by atoms with van der Waals surface area (Å²) in [6, 6.07) is 14.1. The van der Waals surface area contributed by atoms with E-state index in [0.717, 1.165) is 10.6 Å². The Morgan fingerprint density at radius 1 is 0.909 bits per heavy atom. The first-order valence-corrected chi connectivity index (χ1v) is 11.7. The number of hydrogen-bond acceptors (Lipinski definition) is 7. The third-order valence-electron chi connectivity index (χ3n) is 4.82. The van der Waals surface area contributed by atoms with Crippen LogP contribution in [0.4, 0.5) is 11.4 Å². The number of rotatable bonds is 7. The number of nitrogens with one attached hydrogen (secondary N) is 2. The lowest BCUT2D eigenvalue weighted by molar-refractivity contribution is 0.101. The minimum Gasteiger partial charge on any atom is -0.494 e. The van der Waals surface area contributed by atoms with Crippen molar-refractivity contribution >= 4 is 45.9 Å². The quantitative estimate of drug-likeness (QED) is 0.355. The summed E-state index contributed by atoms with van der Waals surface area (Å²) in [7, 11) is 2.99. The molecule has 4 rings (SSSR count). The maximum Gasteiger partial charge on any atom is 0.267 e. The molecule has 2 amide bonds. The fourth-order valence-corrected chi connectivity index (χ4v) is 4.85. The first-order chi connectivity index (χ1) is 16.0. The van der Waals surface area contributed by atoms with Gasteiger partial charge in [-0.1, -0.05) is 18.2 Å². The monoisotopic (exact) mass is 479 g/mol. The highest BCUT2D eigenvalue weighted by atomic mass is 32.1. The van der Waals surface area contributed by atoms with E-state index in [0.29, 0.717) is 39.0 Å². The van der Waals surface area contributed by atoms with Gasteiger partial charge in [-0.3, -0.25) is 9.59 Å². The van der Waals surface area contributed by atoms with E-state index < -0.39 is 0 Å². The number of aryl methyl sites for hydroxylation is 1. The molecule has 9 heteroatoms. The van der Waals surface area contributed by atoms with Crippen LogP contribution in [0.1, 0.15) is 25.7 Å². The number of carbonyl (C=O) groups excluding carboxylic acids is 2. The van der Waals surface area contributed by atoms with E-state index in [1.807, 2.05) is 22.9 Å². The van der Waals surface area contributed by atoms with Crippen LogP contribution < -0.4 is 20.1 Å². The standard InChI is InChI=1S/C24H21N3O4S2/c1-14-21(33-24(25-14)16-9-10-32-13-16)23(29)27-18-12-19(30-2)17(11-20(18)31-3)26-22(28)15-7-5-4-6-8-15/h4-13H,1-3H3,(H,26,28)(H,27,29). The van der Waals surface area contributed by atoms with Crippen LogP contribution in [0.3, 0.4) is 0 Å². The van der Waals surface area contributed by atoms with Crippen molar-refractivity contribution in [3.63, 3.8) is 0 Å². The third kappa shape index (κ3) is 4.89. The van der Waals surface area contributed by atoms with Gasteiger partial charge in [-0.25, -0.2) is 4.98 Å². The highest BCUT2D eigenvalue weighted by molar-refractivity contribution is 7.17. The molecule has 168 valence electrons. The lowest BCUT2D eigenvalue weighted by atomic mass is 10.2. The summed E-state index contributed by atoms with van der Waals surface area (Å²) >= 11 is 2.91. The van der Waals surface area contributed by atoms with E-state index in [1.54, 1.807) is 54.7 Å². The number of nitrogens with zero attached hydrogens (tertiary/aromatic N) is 1. The van der Waals surface area contributed by atoms with Gasteiger partial charge >= 0.3 is 0 Å². The molecule has 2 aromatic heterocycles. The Kier molecular flexibility index (Phi) is 6.71.